The summed E-state index contributed by atoms with van der Waals surface area (Å²) in [4.78, 5) is 35.2. The first-order valence-electron chi connectivity index (χ1n) is 8.91. The number of aryl methyl sites for hydroxylation is 1. The van der Waals surface area contributed by atoms with E-state index >= 15 is 0 Å². The Balaban J connectivity index is 1.79. The second-order valence-corrected chi connectivity index (χ2v) is 6.96. The minimum absolute atomic E-state index is 0.00587. The number of hydrogen-bond donors (Lipinski definition) is 2. The molecule has 0 saturated heterocycles. The van der Waals surface area contributed by atoms with Crippen molar-refractivity contribution in [3.05, 3.63) is 52.6 Å². The molecule has 0 spiro atoms. The lowest BCUT2D eigenvalue weighted by atomic mass is 9.85. The largest absolute Gasteiger partial charge is 0.457 e. The molecule has 1 aliphatic heterocycles. The van der Waals surface area contributed by atoms with Crippen LogP contribution >= 0.6 is 0 Å². The molecule has 1 heterocycles. The third-order valence-electron chi connectivity index (χ3n) is 5.00. The number of aliphatic hydroxyl groups is 2. The van der Waals surface area contributed by atoms with E-state index in [1.165, 1.54) is 19.1 Å². The summed E-state index contributed by atoms with van der Waals surface area (Å²) >= 11 is 0. The molecule has 2 N–H and O–H groups in total. The van der Waals surface area contributed by atoms with Gasteiger partial charge < -0.3 is 19.7 Å². The van der Waals surface area contributed by atoms with E-state index < -0.39 is 24.3 Å². The molecule has 4 rings (SSSR count). The minimum atomic E-state index is -2.66. The Hall–Kier alpha value is -3.03. The van der Waals surface area contributed by atoms with Gasteiger partial charge in [0.05, 0.1) is 5.56 Å². The Labute approximate surface area is 160 Å². The number of ketones is 2. The van der Waals surface area contributed by atoms with Crippen LogP contribution in [0.25, 0.3) is 11.1 Å². The third-order valence-corrected chi connectivity index (χ3v) is 5.00. The zero-order chi connectivity index (χ0) is 20.1. The van der Waals surface area contributed by atoms with E-state index in [0.29, 0.717) is 23.1 Å². The molecule has 0 atom stereocenters. The number of benzene rings is 2. The standard InChI is InChI=1S/C21H18O7/c1-11(22)27-10-19(24)13-5-6-14-16-7-12-3-2-4-18(23)15(12)9-20(16)28-21(25,26)17(14)8-13/h5-9,25-26H,2-4,10H2,1H3. The molecule has 0 radical (unpaired) electrons. The predicted molar refractivity (Wildman–Crippen MR) is 96.9 cm³/mol. The Kier molecular flexibility index (Phi) is 4.28. The van der Waals surface area contributed by atoms with E-state index in [1.54, 1.807) is 12.1 Å². The number of carbonyl (C=O) groups excluding carboxylic acids is 3. The monoisotopic (exact) mass is 382 g/mol. The zero-order valence-electron chi connectivity index (χ0n) is 15.2. The van der Waals surface area contributed by atoms with E-state index in [2.05, 4.69) is 0 Å². The van der Waals surface area contributed by atoms with Gasteiger partial charge in [-0.2, -0.15) is 0 Å². The Morgan fingerprint density at radius 3 is 2.64 bits per heavy atom. The number of fused-ring (bicyclic) bond motifs is 4. The van der Waals surface area contributed by atoms with Gasteiger partial charge in [0.25, 0.3) is 0 Å². The smallest absolute Gasteiger partial charge is 0.351 e. The van der Waals surface area contributed by atoms with Gasteiger partial charge >= 0.3 is 11.9 Å². The molecule has 2 aliphatic rings. The molecule has 0 amide bonds. The summed E-state index contributed by atoms with van der Waals surface area (Å²) in [6, 6.07) is 7.82. The van der Waals surface area contributed by atoms with Crippen molar-refractivity contribution >= 4 is 17.5 Å². The van der Waals surface area contributed by atoms with Crippen LogP contribution in [-0.2, 0) is 21.9 Å². The molecule has 28 heavy (non-hydrogen) atoms. The van der Waals surface area contributed by atoms with Crippen molar-refractivity contribution in [1.82, 2.24) is 0 Å². The molecular weight excluding hydrogens is 364 g/mol. The summed E-state index contributed by atoms with van der Waals surface area (Å²) in [5.41, 5.74) is 2.72. The Morgan fingerprint density at radius 1 is 1.11 bits per heavy atom. The first-order valence-corrected chi connectivity index (χ1v) is 8.91. The van der Waals surface area contributed by atoms with Crippen molar-refractivity contribution in [2.75, 3.05) is 6.61 Å². The molecule has 0 aromatic heterocycles. The first kappa shape index (κ1) is 18.3. The van der Waals surface area contributed by atoms with Gasteiger partial charge in [0, 0.05) is 30.0 Å². The van der Waals surface area contributed by atoms with Crippen LogP contribution in [0.4, 0.5) is 0 Å². The van der Waals surface area contributed by atoms with Crippen LogP contribution < -0.4 is 4.74 Å². The average molecular weight is 382 g/mol. The second kappa shape index (κ2) is 6.54. The van der Waals surface area contributed by atoms with Gasteiger partial charge in [-0.25, -0.2) is 0 Å². The fourth-order valence-electron chi connectivity index (χ4n) is 3.64. The van der Waals surface area contributed by atoms with Crippen LogP contribution in [0, 0.1) is 0 Å². The third kappa shape index (κ3) is 3.08. The fourth-order valence-corrected chi connectivity index (χ4v) is 3.64. The van der Waals surface area contributed by atoms with Crippen LogP contribution in [0.3, 0.4) is 0 Å². The number of rotatable bonds is 3. The van der Waals surface area contributed by atoms with Crippen LogP contribution in [-0.4, -0.2) is 34.4 Å². The summed E-state index contributed by atoms with van der Waals surface area (Å²) in [7, 11) is 0. The SMILES string of the molecule is CC(=O)OCC(=O)c1ccc2c(c1)C(O)(O)Oc1cc3c(cc1-2)CCCC3=O. The molecular formula is C21H18O7. The van der Waals surface area contributed by atoms with Gasteiger partial charge in [-0.3, -0.25) is 14.4 Å². The molecule has 0 saturated carbocycles. The first-order chi connectivity index (χ1) is 13.3. The normalized spacial score (nSPS) is 16.3. The molecule has 7 nitrogen and oxygen atoms in total. The molecule has 7 heteroatoms. The molecule has 0 bridgehead atoms. The number of ether oxygens (including phenoxy) is 2. The second-order valence-electron chi connectivity index (χ2n) is 6.96. The number of Topliss-reactive ketones (excluding diaryl/α,β-unsaturated/α-hetero) is 2. The lowest BCUT2D eigenvalue weighted by molar-refractivity contribution is -0.305. The molecule has 144 valence electrons. The summed E-state index contributed by atoms with van der Waals surface area (Å²) in [5.74, 6) is -3.51. The minimum Gasteiger partial charge on any atom is -0.457 e. The van der Waals surface area contributed by atoms with E-state index in [1.807, 2.05) is 6.07 Å². The maximum Gasteiger partial charge on any atom is 0.351 e. The number of esters is 1. The highest BCUT2D eigenvalue weighted by Crippen LogP contribution is 2.45. The lowest BCUT2D eigenvalue weighted by Crippen LogP contribution is -2.36. The topological polar surface area (TPSA) is 110 Å². The van der Waals surface area contributed by atoms with Gasteiger partial charge in [-0.05, 0) is 42.2 Å². The van der Waals surface area contributed by atoms with E-state index in [-0.39, 0.29) is 22.7 Å². The van der Waals surface area contributed by atoms with Crippen molar-refractivity contribution in [1.29, 1.82) is 0 Å². The molecule has 0 unspecified atom stereocenters. The highest BCUT2D eigenvalue weighted by atomic mass is 16.8. The summed E-state index contributed by atoms with van der Waals surface area (Å²) in [6.07, 6.45) is 1.98. The van der Waals surface area contributed by atoms with Crippen molar-refractivity contribution in [3.8, 4) is 16.9 Å². The fraction of sp³-hybridized carbons (Fsp3) is 0.286. The van der Waals surface area contributed by atoms with Crippen LogP contribution in [0.5, 0.6) is 5.75 Å². The van der Waals surface area contributed by atoms with Crippen molar-refractivity contribution in [3.63, 3.8) is 0 Å². The van der Waals surface area contributed by atoms with Gasteiger partial charge in [0.15, 0.2) is 18.2 Å². The Bertz CT molecular complexity index is 1020. The van der Waals surface area contributed by atoms with E-state index in [0.717, 1.165) is 18.4 Å². The molecule has 2 aromatic rings. The van der Waals surface area contributed by atoms with E-state index in [9.17, 15) is 24.6 Å². The maximum atomic E-state index is 12.2. The molecule has 2 aromatic carbocycles. The zero-order valence-corrected chi connectivity index (χ0v) is 15.2. The van der Waals surface area contributed by atoms with Crippen molar-refractivity contribution in [2.45, 2.75) is 32.2 Å². The number of hydrogen-bond acceptors (Lipinski definition) is 7. The summed E-state index contributed by atoms with van der Waals surface area (Å²) in [6.45, 7) is 0.758. The maximum absolute atomic E-state index is 12.2. The van der Waals surface area contributed by atoms with Crippen LogP contribution in [0.1, 0.15) is 51.6 Å². The van der Waals surface area contributed by atoms with Gasteiger partial charge in [-0.15, -0.1) is 0 Å². The van der Waals surface area contributed by atoms with Crippen LogP contribution in [0.15, 0.2) is 30.3 Å². The summed E-state index contributed by atoms with van der Waals surface area (Å²) < 4.78 is 10.1. The van der Waals surface area contributed by atoms with Gasteiger partial charge in [-0.1, -0.05) is 12.1 Å². The van der Waals surface area contributed by atoms with Crippen LogP contribution in [0.2, 0.25) is 0 Å². The van der Waals surface area contributed by atoms with Crippen molar-refractivity contribution < 1.29 is 34.1 Å². The lowest BCUT2D eigenvalue weighted by Gasteiger charge is -2.32. The highest BCUT2D eigenvalue weighted by Gasteiger charge is 2.39. The Morgan fingerprint density at radius 2 is 1.89 bits per heavy atom. The predicted octanol–water partition coefficient (Wildman–Crippen LogP) is 2.11. The molecule has 1 aliphatic carbocycles. The number of carbonyl (C=O) groups is 3. The molecule has 0 fully saturated rings. The quantitative estimate of drug-likeness (QED) is 0.475. The van der Waals surface area contributed by atoms with Gasteiger partial charge in [0.1, 0.15) is 5.75 Å². The average Bonchev–Trinajstić information content (AvgIpc) is 2.65. The van der Waals surface area contributed by atoms with Crippen molar-refractivity contribution in [2.24, 2.45) is 0 Å². The van der Waals surface area contributed by atoms with Gasteiger partial charge in [0.2, 0.25) is 0 Å². The van der Waals surface area contributed by atoms with E-state index in [4.69, 9.17) is 9.47 Å². The summed E-state index contributed by atoms with van der Waals surface area (Å²) in [5, 5.41) is 20.8. The highest BCUT2D eigenvalue weighted by molar-refractivity contribution is 6.01.